The Hall–Kier alpha value is -3.81. The molecule has 0 aliphatic rings. The van der Waals surface area contributed by atoms with Gasteiger partial charge in [0.2, 0.25) is 0 Å². The van der Waals surface area contributed by atoms with Crippen LogP contribution in [-0.4, -0.2) is 20.5 Å². The fourth-order valence-corrected chi connectivity index (χ4v) is 2.85. The van der Waals surface area contributed by atoms with E-state index in [2.05, 4.69) is 15.5 Å². The Morgan fingerprint density at radius 2 is 1.86 bits per heavy atom. The van der Waals surface area contributed by atoms with Gasteiger partial charge < -0.3 is 10.1 Å². The van der Waals surface area contributed by atoms with Gasteiger partial charge in [0.15, 0.2) is 5.65 Å². The molecule has 0 saturated carbocycles. The van der Waals surface area contributed by atoms with E-state index in [-0.39, 0.29) is 24.5 Å². The molecule has 2 aromatic heterocycles. The van der Waals surface area contributed by atoms with Crippen molar-refractivity contribution in [2.45, 2.75) is 13.2 Å². The van der Waals surface area contributed by atoms with Gasteiger partial charge in [-0.2, -0.15) is 0 Å². The van der Waals surface area contributed by atoms with Crippen molar-refractivity contribution in [2.24, 2.45) is 0 Å². The molecule has 1 N–H and O–H groups in total. The number of carbonyl (C=O) groups excluding carboxylic acids is 1. The Bertz CT molecular complexity index is 1180. The molecule has 6 nitrogen and oxygen atoms in total. The van der Waals surface area contributed by atoms with Gasteiger partial charge in [-0.15, -0.1) is 10.2 Å². The lowest BCUT2D eigenvalue weighted by Gasteiger charge is -2.11. The second-order valence-corrected chi connectivity index (χ2v) is 6.30. The molecule has 2 heterocycles. The van der Waals surface area contributed by atoms with Gasteiger partial charge >= 0.3 is 0 Å². The van der Waals surface area contributed by atoms with Crippen LogP contribution in [0.15, 0.2) is 67.1 Å². The number of hydrogen-bond acceptors (Lipinski definition) is 4. The Morgan fingerprint density at radius 1 is 1.03 bits per heavy atom. The smallest absolute Gasteiger partial charge is 0.255 e. The molecule has 0 spiro atoms. The molecule has 1 amide bonds. The zero-order valence-corrected chi connectivity index (χ0v) is 15.2. The first-order valence-corrected chi connectivity index (χ1v) is 8.83. The predicted octanol–water partition coefficient (Wildman–Crippen LogP) is 3.52. The second kappa shape index (κ2) is 8.05. The summed E-state index contributed by atoms with van der Waals surface area (Å²) in [5.41, 5.74) is 1.38. The molecule has 4 rings (SSSR count). The van der Waals surface area contributed by atoms with Crippen molar-refractivity contribution in [2.75, 3.05) is 0 Å². The van der Waals surface area contributed by atoms with Crippen LogP contribution in [0.1, 0.15) is 21.5 Å². The number of amides is 1. The number of ether oxygens (including phenoxy) is 1. The number of carbonyl (C=O) groups is 1. The van der Waals surface area contributed by atoms with E-state index in [0.717, 1.165) is 0 Å². The quantitative estimate of drug-likeness (QED) is 0.543. The minimum Gasteiger partial charge on any atom is -0.489 e. The van der Waals surface area contributed by atoms with Crippen LogP contribution in [-0.2, 0) is 13.2 Å². The van der Waals surface area contributed by atoms with Crippen LogP contribution in [0.25, 0.3) is 5.65 Å². The van der Waals surface area contributed by atoms with Crippen molar-refractivity contribution >= 4 is 11.6 Å². The molecule has 0 atom stereocenters. The van der Waals surface area contributed by atoms with E-state index >= 15 is 0 Å². The maximum Gasteiger partial charge on any atom is 0.255 e. The number of benzene rings is 2. The van der Waals surface area contributed by atoms with Crippen LogP contribution in [0.2, 0.25) is 0 Å². The highest BCUT2D eigenvalue weighted by Gasteiger charge is 2.13. The number of nitrogens with one attached hydrogen (secondary N) is 1. The molecule has 0 saturated heterocycles. The molecular formula is C21H16F2N4O2. The van der Waals surface area contributed by atoms with E-state index in [4.69, 9.17) is 4.74 Å². The van der Waals surface area contributed by atoms with Crippen LogP contribution >= 0.6 is 0 Å². The zero-order chi connectivity index (χ0) is 20.2. The standard InChI is InChI=1S/C21H16F2N4O2/c22-18-6-2-1-4-14(18)12-29-16-7-8-19(23)15(10-16)11-24-21(28)17-5-3-9-27-13-25-26-20(17)27/h1-10,13H,11-12H2,(H,24,28). The highest BCUT2D eigenvalue weighted by Crippen LogP contribution is 2.19. The number of pyridine rings is 1. The van der Waals surface area contributed by atoms with Gasteiger partial charge in [0.1, 0.15) is 30.3 Å². The zero-order valence-electron chi connectivity index (χ0n) is 15.2. The van der Waals surface area contributed by atoms with Crippen molar-refractivity contribution in [3.8, 4) is 5.75 Å². The highest BCUT2D eigenvalue weighted by molar-refractivity contribution is 5.99. The minimum atomic E-state index is -0.482. The van der Waals surface area contributed by atoms with Crippen LogP contribution < -0.4 is 10.1 Å². The Balaban J connectivity index is 1.45. The van der Waals surface area contributed by atoms with E-state index in [0.29, 0.717) is 22.5 Å². The lowest BCUT2D eigenvalue weighted by atomic mass is 10.2. The fraction of sp³-hybridized carbons (Fsp3) is 0.0952. The third kappa shape index (κ3) is 4.06. The number of aromatic nitrogens is 3. The van der Waals surface area contributed by atoms with E-state index in [9.17, 15) is 13.6 Å². The summed E-state index contributed by atoms with van der Waals surface area (Å²) in [6.07, 6.45) is 3.21. The molecule has 146 valence electrons. The molecule has 0 unspecified atom stereocenters. The summed E-state index contributed by atoms with van der Waals surface area (Å²) < 4.78 is 35.0. The normalized spacial score (nSPS) is 10.8. The first-order valence-electron chi connectivity index (χ1n) is 8.83. The van der Waals surface area contributed by atoms with Gasteiger partial charge in [-0.3, -0.25) is 9.20 Å². The average Bonchev–Trinajstić information content (AvgIpc) is 3.22. The van der Waals surface area contributed by atoms with Gasteiger partial charge in [-0.25, -0.2) is 8.78 Å². The van der Waals surface area contributed by atoms with Crippen LogP contribution in [0.4, 0.5) is 8.78 Å². The lowest BCUT2D eigenvalue weighted by Crippen LogP contribution is -2.24. The van der Waals surface area contributed by atoms with Crippen molar-refractivity contribution in [3.63, 3.8) is 0 Å². The summed E-state index contributed by atoms with van der Waals surface area (Å²) in [4.78, 5) is 12.5. The van der Waals surface area contributed by atoms with Gasteiger partial charge in [-0.05, 0) is 36.4 Å². The molecule has 4 aromatic rings. The number of nitrogens with zero attached hydrogens (tertiary/aromatic N) is 3. The molecule has 0 fully saturated rings. The molecule has 0 bridgehead atoms. The first-order chi connectivity index (χ1) is 14.1. The third-order valence-corrected chi connectivity index (χ3v) is 4.38. The van der Waals surface area contributed by atoms with Crippen LogP contribution in [0, 0.1) is 11.6 Å². The molecule has 0 aliphatic carbocycles. The van der Waals surface area contributed by atoms with E-state index < -0.39 is 11.7 Å². The Morgan fingerprint density at radius 3 is 2.72 bits per heavy atom. The molecular weight excluding hydrogens is 378 g/mol. The lowest BCUT2D eigenvalue weighted by molar-refractivity contribution is 0.0951. The van der Waals surface area contributed by atoms with Gasteiger partial charge in [0.25, 0.3) is 5.91 Å². The molecule has 0 radical (unpaired) electrons. The van der Waals surface area contributed by atoms with Crippen molar-refractivity contribution < 1.29 is 18.3 Å². The van der Waals surface area contributed by atoms with Crippen LogP contribution in [0.5, 0.6) is 5.75 Å². The van der Waals surface area contributed by atoms with E-state index in [1.807, 2.05) is 0 Å². The number of rotatable bonds is 6. The summed E-state index contributed by atoms with van der Waals surface area (Å²) in [5.74, 6) is -0.881. The molecule has 2 aromatic carbocycles. The maximum atomic E-state index is 14.2. The first kappa shape index (κ1) is 18.5. The second-order valence-electron chi connectivity index (χ2n) is 6.30. The minimum absolute atomic E-state index is 0.0129. The van der Waals surface area contributed by atoms with E-state index in [1.54, 1.807) is 40.9 Å². The predicted molar refractivity (Wildman–Crippen MR) is 101 cm³/mol. The number of hydrogen-bond donors (Lipinski definition) is 1. The third-order valence-electron chi connectivity index (χ3n) is 4.38. The summed E-state index contributed by atoms with van der Waals surface area (Å²) in [6, 6.07) is 13.8. The van der Waals surface area contributed by atoms with E-state index in [1.165, 1.54) is 30.6 Å². The summed E-state index contributed by atoms with van der Waals surface area (Å²) in [7, 11) is 0. The average molecular weight is 394 g/mol. The maximum absolute atomic E-state index is 14.2. The molecule has 0 aliphatic heterocycles. The summed E-state index contributed by atoms with van der Waals surface area (Å²) >= 11 is 0. The topological polar surface area (TPSA) is 68.5 Å². The van der Waals surface area contributed by atoms with Gasteiger partial charge in [0, 0.05) is 23.9 Å². The Kier molecular flexibility index (Phi) is 5.15. The fourth-order valence-electron chi connectivity index (χ4n) is 2.85. The van der Waals surface area contributed by atoms with Crippen molar-refractivity contribution in [1.82, 2.24) is 19.9 Å². The van der Waals surface area contributed by atoms with Gasteiger partial charge in [-0.1, -0.05) is 18.2 Å². The summed E-state index contributed by atoms with van der Waals surface area (Å²) in [6.45, 7) is -0.0320. The highest BCUT2D eigenvalue weighted by atomic mass is 19.1. The molecule has 29 heavy (non-hydrogen) atoms. The number of halogens is 2. The largest absolute Gasteiger partial charge is 0.489 e. The number of fused-ring (bicyclic) bond motifs is 1. The van der Waals surface area contributed by atoms with Crippen LogP contribution in [0.3, 0.4) is 0 Å². The SMILES string of the molecule is O=C(NCc1cc(OCc2ccccc2F)ccc1F)c1cccn2cnnc12. The molecule has 8 heteroatoms. The Labute approximate surface area is 164 Å². The van der Waals surface area contributed by atoms with Crippen molar-refractivity contribution in [1.29, 1.82) is 0 Å². The van der Waals surface area contributed by atoms with Gasteiger partial charge in [0.05, 0.1) is 5.56 Å². The monoisotopic (exact) mass is 394 g/mol. The van der Waals surface area contributed by atoms with Crippen molar-refractivity contribution in [3.05, 3.63) is 95.4 Å². The summed E-state index contributed by atoms with van der Waals surface area (Å²) in [5, 5.41) is 10.4.